The van der Waals surface area contributed by atoms with Crippen LogP contribution in [-0.2, 0) is 6.54 Å². The summed E-state index contributed by atoms with van der Waals surface area (Å²) in [5.41, 5.74) is 1.24. The molecule has 0 aliphatic heterocycles. The monoisotopic (exact) mass is 307 g/mol. The van der Waals surface area contributed by atoms with E-state index in [1.54, 1.807) is 0 Å². The van der Waals surface area contributed by atoms with E-state index >= 15 is 0 Å². The van der Waals surface area contributed by atoms with Crippen LogP contribution in [0.3, 0.4) is 0 Å². The predicted octanol–water partition coefficient (Wildman–Crippen LogP) is 4.50. The number of ketones is 1. The predicted molar refractivity (Wildman–Crippen MR) is 85.7 cm³/mol. The second-order valence-corrected chi connectivity index (χ2v) is 6.25. The summed E-state index contributed by atoms with van der Waals surface area (Å²) in [5.74, 6) is 0.250. The summed E-state index contributed by atoms with van der Waals surface area (Å²) in [7, 11) is 2.07. The summed E-state index contributed by atoms with van der Waals surface area (Å²) in [6.45, 7) is 1.80. The van der Waals surface area contributed by atoms with E-state index in [2.05, 4.69) is 11.9 Å². The van der Waals surface area contributed by atoms with Crippen LogP contribution in [0.15, 0.2) is 41.8 Å². The second kappa shape index (κ2) is 7.58. The lowest BCUT2D eigenvalue weighted by atomic mass is 10.1. The number of nitrogens with zero attached hydrogens (tertiary/aromatic N) is 1. The van der Waals surface area contributed by atoms with Crippen molar-refractivity contribution in [2.45, 2.75) is 19.4 Å². The Balaban J connectivity index is 1.71. The first-order chi connectivity index (χ1) is 9.65. The molecule has 0 N–H and O–H groups in total. The van der Waals surface area contributed by atoms with Gasteiger partial charge >= 0.3 is 0 Å². The van der Waals surface area contributed by atoms with Gasteiger partial charge in [0, 0.05) is 18.0 Å². The zero-order valence-corrected chi connectivity index (χ0v) is 13.1. The average molecular weight is 308 g/mol. The molecule has 0 saturated carbocycles. The quantitative estimate of drug-likeness (QED) is 0.702. The molecule has 106 valence electrons. The molecular formula is C16H18ClNOS. The van der Waals surface area contributed by atoms with Crippen LogP contribution in [0.4, 0.5) is 0 Å². The molecular weight excluding hydrogens is 290 g/mol. The first-order valence-corrected chi connectivity index (χ1v) is 7.90. The Labute approximate surface area is 129 Å². The van der Waals surface area contributed by atoms with Crippen molar-refractivity contribution in [3.8, 4) is 0 Å². The van der Waals surface area contributed by atoms with Gasteiger partial charge in [-0.05, 0) is 49.2 Å². The van der Waals surface area contributed by atoms with Gasteiger partial charge in [-0.3, -0.25) is 4.79 Å². The van der Waals surface area contributed by atoms with Crippen molar-refractivity contribution in [3.63, 3.8) is 0 Å². The van der Waals surface area contributed by atoms with Gasteiger partial charge in [-0.1, -0.05) is 29.8 Å². The Kier molecular flexibility index (Phi) is 5.77. The molecule has 0 bridgehead atoms. The van der Waals surface area contributed by atoms with E-state index < -0.39 is 0 Å². The first kappa shape index (κ1) is 15.2. The highest BCUT2D eigenvalue weighted by Gasteiger charge is 2.07. The van der Waals surface area contributed by atoms with Crippen LogP contribution in [0.5, 0.6) is 0 Å². The van der Waals surface area contributed by atoms with E-state index in [0.717, 1.165) is 29.4 Å². The van der Waals surface area contributed by atoms with E-state index in [-0.39, 0.29) is 5.78 Å². The van der Waals surface area contributed by atoms with Gasteiger partial charge in [0.05, 0.1) is 4.88 Å². The third-order valence-corrected chi connectivity index (χ3v) is 4.27. The zero-order valence-electron chi connectivity index (χ0n) is 11.5. The third-order valence-electron chi connectivity index (χ3n) is 3.11. The normalized spacial score (nSPS) is 10.9. The van der Waals surface area contributed by atoms with Crippen molar-refractivity contribution >= 4 is 28.7 Å². The van der Waals surface area contributed by atoms with Gasteiger partial charge in [-0.15, -0.1) is 11.3 Å². The van der Waals surface area contributed by atoms with E-state index in [1.165, 1.54) is 16.9 Å². The number of hydrogen-bond acceptors (Lipinski definition) is 3. The van der Waals surface area contributed by atoms with Gasteiger partial charge in [-0.25, -0.2) is 0 Å². The molecule has 0 aliphatic rings. The number of carbonyl (C=O) groups excluding carboxylic acids is 1. The number of thiophene rings is 1. The fourth-order valence-electron chi connectivity index (χ4n) is 2.05. The van der Waals surface area contributed by atoms with Crippen molar-refractivity contribution < 1.29 is 4.79 Å². The maximum atomic E-state index is 11.9. The summed E-state index contributed by atoms with van der Waals surface area (Å²) in [6, 6.07) is 11.7. The maximum absolute atomic E-state index is 11.9. The number of benzene rings is 1. The SMILES string of the molecule is CN(CCCC(=O)c1cccs1)Cc1ccc(Cl)cc1. The Bertz CT molecular complexity index is 536. The fourth-order valence-corrected chi connectivity index (χ4v) is 2.87. The van der Waals surface area contributed by atoms with Crippen LogP contribution >= 0.6 is 22.9 Å². The minimum absolute atomic E-state index is 0.250. The van der Waals surface area contributed by atoms with Crippen LogP contribution in [-0.4, -0.2) is 24.3 Å². The lowest BCUT2D eigenvalue weighted by Crippen LogP contribution is -2.19. The van der Waals surface area contributed by atoms with Gasteiger partial charge in [0.2, 0.25) is 0 Å². The second-order valence-electron chi connectivity index (χ2n) is 4.87. The molecule has 0 aliphatic carbocycles. The van der Waals surface area contributed by atoms with E-state index in [9.17, 15) is 4.79 Å². The number of hydrogen-bond donors (Lipinski definition) is 0. The molecule has 0 unspecified atom stereocenters. The largest absolute Gasteiger partial charge is 0.302 e. The minimum atomic E-state index is 0.250. The topological polar surface area (TPSA) is 20.3 Å². The Hall–Kier alpha value is -1.16. The summed E-state index contributed by atoms with van der Waals surface area (Å²) in [5, 5.41) is 2.71. The van der Waals surface area contributed by atoms with Gasteiger partial charge in [0.15, 0.2) is 5.78 Å². The molecule has 1 heterocycles. The highest BCUT2D eigenvalue weighted by atomic mass is 35.5. The van der Waals surface area contributed by atoms with Crippen LogP contribution < -0.4 is 0 Å². The summed E-state index contributed by atoms with van der Waals surface area (Å²) in [6.07, 6.45) is 1.51. The molecule has 1 aromatic heterocycles. The summed E-state index contributed by atoms with van der Waals surface area (Å²) < 4.78 is 0. The molecule has 0 amide bonds. The van der Waals surface area contributed by atoms with Gasteiger partial charge in [0.25, 0.3) is 0 Å². The highest BCUT2D eigenvalue weighted by molar-refractivity contribution is 7.12. The fraction of sp³-hybridized carbons (Fsp3) is 0.312. The maximum Gasteiger partial charge on any atom is 0.172 e. The molecule has 20 heavy (non-hydrogen) atoms. The average Bonchev–Trinajstić information content (AvgIpc) is 2.95. The van der Waals surface area contributed by atoms with E-state index in [1.807, 2.05) is 41.8 Å². The molecule has 2 nitrogen and oxygen atoms in total. The molecule has 0 atom stereocenters. The van der Waals surface area contributed by atoms with Gasteiger partial charge < -0.3 is 4.90 Å². The molecule has 0 saturated heterocycles. The Morgan fingerprint density at radius 2 is 2.00 bits per heavy atom. The number of Topliss-reactive ketones (excluding diaryl/α,β-unsaturated/α-hetero) is 1. The van der Waals surface area contributed by atoms with Crippen LogP contribution in [0, 0.1) is 0 Å². The lowest BCUT2D eigenvalue weighted by Gasteiger charge is -2.16. The first-order valence-electron chi connectivity index (χ1n) is 6.65. The van der Waals surface area contributed by atoms with Crippen LogP contribution in [0.25, 0.3) is 0 Å². The summed E-state index contributed by atoms with van der Waals surface area (Å²) >= 11 is 7.38. The Morgan fingerprint density at radius 1 is 1.25 bits per heavy atom. The van der Waals surface area contributed by atoms with Gasteiger partial charge in [-0.2, -0.15) is 0 Å². The standard InChI is InChI=1S/C16H18ClNOS/c1-18(12-13-6-8-14(17)9-7-13)10-2-4-15(19)16-5-3-11-20-16/h3,5-9,11H,2,4,10,12H2,1H3. The third kappa shape index (κ3) is 4.75. The minimum Gasteiger partial charge on any atom is -0.302 e. The molecule has 0 radical (unpaired) electrons. The molecule has 4 heteroatoms. The number of carbonyl (C=O) groups is 1. The lowest BCUT2D eigenvalue weighted by molar-refractivity contribution is 0.0980. The van der Waals surface area contributed by atoms with Crippen LogP contribution in [0.1, 0.15) is 28.1 Å². The molecule has 1 aromatic carbocycles. The zero-order chi connectivity index (χ0) is 14.4. The molecule has 0 spiro atoms. The molecule has 2 rings (SSSR count). The highest BCUT2D eigenvalue weighted by Crippen LogP contribution is 2.13. The smallest absolute Gasteiger partial charge is 0.172 e. The summed E-state index contributed by atoms with van der Waals surface area (Å²) in [4.78, 5) is 15.0. The number of rotatable bonds is 7. The van der Waals surface area contributed by atoms with Crippen molar-refractivity contribution in [1.82, 2.24) is 4.90 Å². The van der Waals surface area contributed by atoms with Crippen LogP contribution in [0.2, 0.25) is 5.02 Å². The van der Waals surface area contributed by atoms with E-state index in [0.29, 0.717) is 6.42 Å². The van der Waals surface area contributed by atoms with Crippen molar-refractivity contribution in [3.05, 3.63) is 57.2 Å². The van der Waals surface area contributed by atoms with E-state index in [4.69, 9.17) is 11.6 Å². The van der Waals surface area contributed by atoms with Gasteiger partial charge in [0.1, 0.15) is 0 Å². The Morgan fingerprint density at radius 3 is 2.65 bits per heavy atom. The number of halogens is 1. The molecule has 0 fully saturated rings. The van der Waals surface area contributed by atoms with Crippen molar-refractivity contribution in [2.24, 2.45) is 0 Å². The van der Waals surface area contributed by atoms with Crippen molar-refractivity contribution in [2.75, 3.05) is 13.6 Å². The molecule has 2 aromatic rings. The van der Waals surface area contributed by atoms with Crippen molar-refractivity contribution in [1.29, 1.82) is 0 Å².